The average molecular weight is 420 g/mol. The number of primary amides is 1. The van der Waals surface area contributed by atoms with Gasteiger partial charge in [0.15, 0.2) is 5.82 Å². The standard InChI is InChI=1S/C23H22N4O2S/c1-15-8-10-16(11-9-15)22(19-7-4-12-30-19)25-13-21-26-18-6-3-2-5-17(18)23(29)27(21)14-20(24)28/h2-12,22,25H,13-14H2,1H3,(H2,24,28)/p+1/t22-/m1/s1. The molecule has 2 aromatic carbocycles. The number of hydrogen-bond donors (Lipinski definition) is 2. The third kappa shape index (κ3) is 4.17. The van der Waals surface area contributed by atoms with Gasteiger partial charge in [0.1, 0.15) is 19.1 Å². The Morgan fingerprint density at radius 2 is 1.90 bits per heavy atom. The number of quaternary nitrogens is 1. The predicted octanol–water partition coefficient (Wildman–Crippen LogP) is 2.10. The molecule has 4 aromatic rings. The molecule has 6 nitrogen and oxygen atoms in total. The lowest BCUT2D eigenvalue weighted by Crippen LogP contribution is -2.84. The molecule has 7 heteroatoms. The molecule has 1 amide bonds. The van der Waals surface area contributed by atoms with E-state index in [0.717, 1.165) is 0 Å². The normalized spacial score (nSPS) is 12.2. The van der Waals surface area contributed by atoms with E-state index in [9.17, 15) is 9.59 Å². The maximum atomic E-state index is 13.0. The van der Waals surface area contributed by atoms with Gasteiger partial charge in [-0.3, -0.25) is 14.2 Å². The molecule has 0 aliphatic heterocycles. The molecule has 0 aliphatic rings. The Balaban J connectivity index is 1.72. The number of para-hydroxylation sites is 1. The molecule has 0 unspecified atom stereocenters. The molecule has 2 heterocycles. The van der Waals surface area contributed by atoms with Gasteiger partial charge in [0, 0.05) is 5.56 Å². The maximum absolute atomic E-state index is 13.0. The van der Waals surface area contributed by atoms with Crippen LogP contribution in [0.2, 0.25) is 0 Å². The molecule has 0 saturated heterocycles. The average Bonchev–Trinajstić information content (AvgIpc) is 3.26. The van der Waals surface area contributed by atoms with Crippen LogP contribution in [0.1, 0.15) is 27.9 Å². The minimum Gasteiger partial charge on any atom is -0.368 e. The van der Waals surface area contributed by atoms with Crippen LogP contribution in [0, 0.1) is 6.92 Å². The van der Waals surface area contributed by atoms with Gasteiger partial charge < -0.3 is 11.1 Å². The highest BCUT2D eigenvalue weighted by Crippen LogP contribution is 2.23. The summed E-state index contributed by atoms with van der Waals surface area (Å²) >= 11 is 1.69. The van der Waals surface area contributed by atoms with Crippen molar-refractivity contribution in [2.75, 3.05) is 0 Å². The molecule has 0 spiro atoms. The molecule has 4 rings (SSSR count). The van der Waals surface area contributed by atoms with Gasteiger partial charge in [-0.25, -0.2) is 4.98 Å². The quantitative estimate of drug-likeness (QED) is 0.480. The number of hydrogen-bond acceptors (Lipinski definition) is 4. The van der Waals surface area contributed by atoms with Crippen LogP contribution in [0.3, 0.4) is 0 Å². The van der Waals surface area contributed by atoms with Gasteiger partial charge in [0.25, 0.3) is 5.56 Å². The van der Waals surface area contributed by atoms with Crippen molar-refractivity contribution in [2.24, 2.45) is 5.73 Å². The number of fused-ring (bicyclic) bond motifs is 1. The fourth-order valence-corrected chi connectivity index (χ4v) is 4.42. The van der Waals surface area contributed by atoms with E-state index in [0.29, 0.717) is 23.3 Å². The minimum atomic E-state index is -0.566. The second kappa shape index (κ2) is 8.61. The number of carbonyl (C=O) groups excluding carboxylic acids is 1. The van der Waals surface area contributed by atoms with Gasteiger partial charge in [-0.05, 0) is 30.5 Å². The number of nitrogens with two attached hydrogens (primary N) is 2. The molecule has 152 valence electrons. The van der Waals surface area contributed by atoms with Crippen molar-refractivity contribution in [2.45, 2.75) is 26.1 Å². The van der Waals surface area contributed by atoms with Crippen LogP contribution in [0.25, 0.3) is 10.9 Å². The number of amides is 1. The van der Waals surface area contributed by atoms with Gasteiger partial charge >= 0.3 is 0 Å². The lowest BCUT2D eigenvalue weighted by atomic mass is 10.0. The highest BCUT2D eigenvalue weighted by molar-refractivity contribution is 7.10. The number of rotatable bonds is 7. The summed E-state index contributed by atoms with van der Waals surface area (Å²) in [6.45, 7) is 2.31. The van der Waals surface area contributed by atoms with Crippen molar-refractivity contribution in [1.82, 2.24) is 9.55 Å². The molecular weight excluding hydrogens is 396 g/mol. The molecular formula is C23H23N4O2S+. The molecule has 30 heavy (non-hydrogen) atoms. The van der Waals surface area contributed by atoms with Crippen molar-refractivity contribution in [3.05, 3.63) is 98.2 Å². The number of aromatic nitrogens is 2. The lowest BCUT2D eigenvalue weighted by Gasteiger charge is -2.17. The van der Waals surface area contributed by atoms with Gasteiger partial charge in [-0.1, -0.05) is 48.0 Å². The summed E-state index contributed by atoms with van der Waals surface area (Å²) < 4.78 is 1.39. The molecule has 4 N–H and O–H groups in total. The summed E-state index contributed by atoms with van der Waals surface area (Å²) in [5.74, 6) is -0.0325. The first-order valence-electron chi connectivity index (χ1n) is 9.73. The van der Waals surface area contributed by atoms with Crippen molar-refractivity contribution in [3.63, 3.8) is 0 Å². The van der Waals surface area contributed by atoms with Crippen molar-refractivity contribution < 1.29 is 10.1 Å². The summed E-state index contributed by atoms with van der Waals surface area (Å²) in [5.41, 5.74) is 8.16. The Labute approximate surface area is 178 Å². The van der Waals surface area contributed by atoms with Crippen molar-refractivity contribution >= 4 is 28.1 Å². The van der Waals surface area contributed by atoms with Crippen LogP contribution < -0.4 is 16.6 Å². The van der Waals surface area contributed by atoms with E-state index >= 15 is 0 Å². The first-order valence-corrected chi connectivity index (χ1v) is 10.6. The third-order valence-corrected chi connectivity index (χ3v) is 6.03. The number of nitrogens with zero attached hydrogens (tertiary/aromatic N) is 2. The van der Waals surface area contributed by atoms with E-state index in [1.54, 1.807) is 23.5 Å². The zero-order valence-corrected chi connectivity index (χ0v) is 17.4. The van der Waals surface area contributed by atoms with E-state index in [4.69, 9.17) is 5.73 Å². The molecule has 0 saturated carbocycles. The highest BCUT2D eigenvalue weighted by Gasteiger charge is 2.21. The Bertz CT molecular complexity index is 1230. The van der Waals surface area contributed by atoms with Gasteiger partial charge in [-0.15, -0.1) is 11.3 Å². The summed E-state index contributed by atoms with van der Waals surface area (Å²) in [7, 11) is 0. The fourth-order valence-electron chi connectivity index (χ4n) is 3.57. The summed E-state index contributed by atoms with van der Waals surface area (Å²) in [6.07, 6.45) is 0. The predicted molar refractivity (Wildman–Crippen MR) is 118 cm³/mol. The molecule has 1 atom stereocenters. The zero-order valence-electron chi connectivity index (χ0n) is 16.6. The zero-order chi connectivity index (χ0) is 21.1. The fraction of sp³-hybridized carbons (Fsp3) is 0.174. The Morgan fingerprint density at radius 3 is 2.60 bits per heavy atom. The van der Waals surface area contributed by atoms with Crippen molar-refractivity contribution in [3.8, 4) is 0 Å². The number of thiophene rings is 1. The van der Waals surface area contributed by atoms with E-state index in [-0.39, 0.29) is 18.1 Å². The molecule has 2 aromatic heterocycles. The van der Waals surface area contributed by atoms with Crippen molar-refractivity contribution in [1.29, 1.82) is 0 Å². The van der Waals surface area contributed by atoms with Crippen LogP contribution in [-0.2, 0) is 17.9 Å². The van der Waals surface area contributed by atoms with Crippen LogP contribution >= 0.6 is 11.3 Å². The van der Waals surface area contributed by atoms with Crippen LogP contribution in [0.5, 0.6) is 0 Å². The Kier molecular flexibility index (Phi) is 5.74. The van der Waals surface area contributed by atoms with Gasteiger partial charge in [0.05, 0.1) is 15.8 Å². The second-order valence-electron chi connectivity index (χ2n) is 7.25. The number of aryl methyl sites for hydroxylation is 1. The van der Waals surface area contributed by atoms with Gasteiger partial charge in [-0.2, -0.15) is 0 Å². The summed E-state index contributed by atoms with van der Waals surface area (Å²) in [6, 6.07) is 19.8. The second-order valence-corrected chi connectivity index (χ2v) is 8.23. The summed E-state index contributed by atoms with van der Waals surface area (Å²) in [5, 5.41) is 4.68. The monoisotopic (exact) mass is 419 g/mol. The third-order valence-electron chi connectivity index (χ3n) is 5.08. The number of carbonyl (C=O) groups is 1. The van der Waals surface area contributed by atoms with Gasteiger partial charge in [0.2, 0.25) is 5.91 Å². The first kappa shape index (κ1) is 20.0. The Hall–Kier alpha value is -3.29. The smallest absolute Gasteiger partial charge is 0.262 e. The minimum absolute atomic E-state index is 0.0657. The van der Waals surface area contributed by atoms with E-state index in [1.807, 2.05) is 18.2 Å². The summed E-state index contributed by atoms with van der Waals surface area (Å²) in [4.78, 5) is 30.5. The lowest BCUT2D eigenvalue weighted by molar-refractivity contribution is -0.703. The van der Waals surface area contributed by atoms with E-state index in [1.165, 1.54) is 20.6 Å². The van der Waals surface area contributed by atoms with Crippen LogP contribution in [-0.4, -0.2) is 15.5 Å². The Morgan fingerprint density at radius 1 is 1.13 bits per heavy atom. The highest BCUT2D eigenvalue weighted by atomic mass is 32.1. The topological polar surface area (TPSA) is 94.6 Å². The van der Waals surface area contributed by atoms with E-state index in [2.05, 4.69) is 52.9 Å². The SMILES string of the molecule is Cc1ccc([C@@H]([NH2+]Cc2nc3ccccc3c(=O)n2CC(N)=O)c2cccs2)cc1. The molecule has 0 fully saturated rings. The maximum Gasteiger partial charge on any atom is 0.262 e. The molecule has 0 radical (unpaired) electrons. The number of benzene rings is 2. The van der Waals surface area contributed by atoms with E-state index < -0.39 is 5.91 Å². The first-order chi connectivity index (χ1) is 14.5. The van der Waals surface area contributed by atoms with Crippen LogP contribution in [0.4, 0.5) is 0 Å². The van der Waals surface area contributed by atoms with Crippen LogP contribution in [0.15, 0.2) is 70.8 Å². The largest absolute Gasteiger partial charge is 0.368 e. The molecule has 0 bridgehead atoms. The molecule has 0 aliphatic carbocycles.